The zero-order valence-corrected chi connectivity index (χ0v) is 18.2. The van der Waals surface area contributed by atoms with Crippen LogP contribution in [0.5, 0.6) is 5.75 Å². The lowest BCUT2D eigenvalue weighted by molar-refractivity contribution is 0.0955. The lowest BCUT2D eigenvalue weighted by Crippen LogP contribution is -2.25. The number of para-hydroxylation sites is 1. The summed E-state index contributed by atoms with van der Waals surface area (Å²) < 4.78 is 18.9. The Morgan fingerprint density at radius 2 is 1.93 bits per heavy atom. The second-order valence-electron chi connectivity index (χ2n) is 8.01. The number of thiophene rings is 1. The summed E-state index contributed by atoms with van der Waals surface area (Å²) in [5, 5.41) is 3.87. The van der Waals surface area contributed by atoms with E-state index >= 15 is 0 Å². The molecular weight excluding hydrogens is 389 g/mol. The van der Waals surface area contributed by atoms with Gasteiger partial charge >= 0.3 is 0 Å². The molecule has 3 rings (SSSR count). The number of nitrogens with zero attached hydrogens (tertiary/aromatic N) is 2. The average Bonchev–Trinajstić information content (AvgIpc) is 2.99. The van der Waals surface area contributed by atoms with Crippen molar-refractivity contribution in [2.24, 2.45) is 0 Å². The molecule has 29 heavy (non-hydrogen) atoms. The smallest absolute Gasteiger partial charge is 0.261 e. The lowest BCUT2D eigenvalue weighted by atomic mass is 9.95. The number of carbonyl (C=O) groups excluding carboxylic acids is 1. The Morgan fingerprint density at radius 3 is 2.62 bits per heavy atom. The van der Waals surface area contributed by atoms with Crippen molar-refractivity contribution in [1.82, 2.24) is 15.3 Å². The molecule has 0 saturated carbocycles. The topological polar surface area (TPSA) is 64.1 Å². The van der Waals surface area contributed by atoms with E-state index in [0.717, 1.165) is 27.3 Å². The van der Waals surface area contributed by atoms with Crippen LogP contribution in [0.15, 0.2) is 24.3 Å². The van der Waals surface area contributed by atoms with Crippen molar-refractivity contribution < 1.29 is 13.9 Å². The molecule has 1 amide bonds. The molecular formula is C22H26FN3O2S. The van der Waals surface area contributed by atoms with Gasteiger partial charge in [-0.2, -0.15) is 0 Å². The second kappa shape index (κ2) is 8.45. The van der Waals surface area contributed by atoms with Crippen LogP contribution in [0, 0.1) is 19.7 Å². The van der Waals surface area contributed by atoms with Gasteiger partial charge in [-0.15, -0.1) is 11.3 Å². The van der Waals surface area contributed by atoms with Crippen LogP contribution in [-0.2, 0) is 5.41 Å². The number of hydrogen-bond acceptors (Lipinski definition) is 5. The van der Waals surface area contributed by atoms with Gasteiger partial charge in [0, 0.05) is 17.3 Å². The molecule has 0 aliphatic rings. The highest BCUT2D eigenvalue weighted by Gasteiger charge is 2.23. The third kappa shape index (κ3) is 4.72. The SMILES string of the molecule is Cc1nc(C(C)(C)C)nc2sc(C(=O)NCCCOc3ccccc3F)c(C)c12. The number of ether oxygens (including phenoxy) is 1. The van der Waals surface area contributed by atoms with Crippen molar-refractivity contribution >= 4 is 27.5 Å². The quantitative estimate of drug-likeness (QED) is 0.579. The molecule has 1 aromatic carbocycles. The Bertz CT molecular complexity index is 1040. The Balaban J connectivity index is 1.64. The third-order valence-corrected chi connectivity index (χ3v) is 5.73. The molecule has 0 fully saturated rings. The van der Waals surface area contributed by atoms with Crippen molar-refractivity contribution in [3.05, 3.63) is 52.0 Å². The first-order valence-electron chi connectivity index (χ1n) is 9.62. The number of benzene rings is 1. The van der Waals surface area contributed by atoms with Gasteiger partial charge in [-0.1, -0.05) is 32.9 Å². The first-order valence-corrected chi connectivity index (χ1v) is 10.4. The minimum atomic E-state index is -0.386. The number of aryl methyl sites for hydroxylation is 2. The maximum atomic E-state index is 13.5. The standard InChI is InChI=1S/C22H26FN3O2S/c1-13-17-14(2)25-21(22(3,4)5)26-20(17)29-18(13)19(27)24-11-8-12-28-16-10-7-6-9-15(16)23/h6-7,9-10H,8,11-12H2,1-5H3,(H,24,27). The highest BCUT2D eigenvalue weighted by atomic mass is 32.1. The fraction of sp³-hybridized carbons (Fsp3) is 0.409. The molecule has 2 aromatic heterocycles. The van der Waals surface area contributed by atoms with E-state index in [4.69, 9.17) is 9.72 Å². The minimum absolute atomic E-state index is 0.131. The summed E-state index contributed by atoms with van der Waals surface area (Å²) in [6.07, 6.45) is 0.580. The Hall–Kier alpha value is -2.54. The maximum absolute atomic E-state index is 13.5. The van der Waals surface area contributed by atoms with Gasteiger partial charge < -0.3 is 10.1 Å². The number of aromatic nitrogens is 2. The van der Waals surface area contributed by atoms with Gasteiger partial charge in [0.05, 0.1) is 17.2 Å². The molecule has 0 saturated heterocycles. The van der Waals surface area contributed by atoms with Crippen LogP contribution in [0.3, 0.4) is 0 Å². The monoisotopic (exact) mass is 415 g/mol. The number of rotatable bonds is 6. The Kier molecular flexibility index (Phi) is 6.17. The highest BCUT2D eigenvalue weighted by molar-refractivity contribution is 7.20. The van der Waals surface area contributed by atoms with Crippen LogP contribution in [0.2, 0.25) is 0 Å². The van der Waals surface area contributed by atoms with Crippen molar-refractivity contribution in [2.75, 3.05) is 13.2 Å². The molecule has 0 bridgehead atoms. The average molecular weight is 416 g/mol. The molecule has 2 heterocycles. The van der Waals surface area contributed by atoms with Gasteiger partial charge in [0.1, 0.15) is 10.7 Å². The van der Waals surface area contributed by atoms with E-state index in [0.29, 0.717) is 24.4 Å². The summed E-state index contributed by atoms with van der Waals surface area (Å²) in [7, 11) is 0. The van der Waals surface area contributed by atoms with Gasteiger partial charge in [0.15, 0.2) is 11.6 Å². The normalized spacial score (nSPS) is 11.7. The summed E-state index contributed by atoms with van der Waals surface area (Å²) in [6.45, 7) is 10.9. The zero-order valence-electron chi connectivity index (χ0n) is 17.4. The number of nitrogens with one attached hydrogen (secondary N) is 1. The predicted molar refractivity (Wildman–Crippen MR) is 114 cm³/mol. The fourth-order valence-electron chi connectivity index (χ4n) is 2.99. The molecule has 0 radical (unpaired) electrons. The molecule has 3 aromatic rings. The first-order chi connectivity index (χ1) is 13.7. The van der Waals surface area contributed by atoms with Gasteiger partial charge in [0.2, 0.25) is 0 Å². The van der Waals surface area contributed by atoms with Gasteiger partial charge in [0.25, 0.3) is 5.91 Å². The Labute approximate surface area is 174 Å². The lowest BCUT2D eigenvalue weighted by Gasteiger charge is -2.16. The molecule has 1 N–H and O–H groups in total. The molecule has 154 valence electrons. The van der Waals surface area contributed by atoms with Crippen molar-refractivity contribution in [3.63, 3.8) is 0 Å². The minimum Gasteiger partial charge on any atom is -0.490 e. The van der Waals surface area contributed by atoms with Gasteiger partial charge in [-0.05, 0) is 38.0 Å². The third-order valence-electron chi connectivity index (χ3n) is 4.55. The molecule has 0 unspecified atom stereocenters. The zero-order chi connectivity index (χ0) is 21.2. The van der Waals surface area contributed by atoms with Crippen LogP contribution in [-0.4, -0.2) is 29.0 Å². The molecule has 0 spiro atoms. The van der Waals surface area contributed by atoms with Crippen LogP contribution in [0.4, 0.5) is 4.39 Å². The fourth-order valence-corrected chi connectivity index (χ4v) is 4.14. The van der Waals surface area contributed by atoms with Crippen molar-refractivity contribution in [1.29, 1.82) is 0 Å². The van der Waals surface area contributed by atoms with E-state index in [-0.39, 0.29) is 22.9 Å². The maximum Gasteiger partial charge on any atom is 0.261 e. The summed E-state index contributed by atoms with van der Waals surface area (Å²) in [5.74, 6) is 0.487. The molecule has 5 nitrogen and oxygen atoms in total. The van der Waals surface area contributed by atoms with Crippen LogP contribution in [0.25, 0.3) is 10.2 Å². The van der Waals surface area contributed by atoms with Gasteiger partial charge in [-0.25, -0.2) is 14.4 Å². The van der Waals surface area contributed by atoms with E-state index in [2.05, 4.69) is 31.1 Å². The van der Waals surface area contributed by atoms with E-state index in [1.54, 1.807) is 18.2 Å². The molecule has 0 aliphatic heterocycles. The van der Waals surface area contributed by atoms with Crippen molar-refractivity contribution in [3.8, 4) is 5.75 Å². The summed E-state index contributed by atoms with van der Waals surface area (Å²) in [5.41, 5.74) is 1.64. The summed E-state index contributed by atoms with van der Waals surface area (Å²) in [4.78, 5) is 23.5. The second-order valence-corrected chi connectivity index (χ2v) is 9.01. The number of hydrogen-bond donors (Lipinski definition) is 1. The predicted octanol–water partition coefficient (Wildman–Crippen LogP) is 4.94. The molecule has 0 atom stereocenters. The number of fused-ring (bicyclic) bond motifs is 1. The molecule has 7 heteroatoms. The van der Waals surface area contributed by atoms with E-state index < -0.39 is 0 Å². The van der Waals surface area contributed by atoms with Crippen LogP contribution >= 0.6 is 11.3 Å². The van der Waals surface area contributed by atoms with E-state index in [1.165, 1.54) is 17.4 Å². The van der Waals surface area contributed by atoms with Crippen molar-refractivity contribution in [2.45, 2.75) is 46.5 Å². The van der Waals surface area contributed by atoms with Crippen LogP contribution in [0.1, 0.15) is 53.9 Å². The summed E-state index contributed by atoms with van der Waals surface area (Å²) >= 11 is 1.40. The van der Waals surface area contributed by atoms with Gasteiger partial charge in [-0.3, -0.25) is 4.79 Å². The summed E-state index contributed by atoms with van der Waals surface area (Å²) in [6, 6.07) is 6.29. The number of amides is 1. The van der Waals surface area contributed by atoms with Crippen LogP contribution < -0.4 is 10.1 Å². The molecule has 0 aliphatic carbocycles. The van der Waals surface area contributed by atoms with E-state index in [1.807, 2.05) is 13.8 Å². The highest BCUT2D eigenvalue weighted by Crippen LogP contribution is 2.33. The number of halogens is 1. The Morgan fingerprint density at radius 1 is 1.21 bits per heavy atom. The number of carbonyl (C=O) groups is 1. The first kappa shape index (κ1) is 21.2. The van der Waals surface area contributed by atoms with E-state index in [9.17, 15) is 9.18 Å². The largest absolute Gasteiger partial charge is 0.490 e.